The number of para-hydroxylation sites is 2. The Kier molecular flexibility index (Phi) is 9.79. The largest absolute Gasteiger partial charge is 0.0499 e. The molecule has 0 saturated heterocycles. The molecule has 2 nitrogen and oxygen atoms in total. The van der Waals surface area contributed by atoms with E-state index in [-0.39, 0.29) is 0 Å². The number of imidazole rings is 1. The van der Waals surface area contributed by atoms with Crippen LogP contribution in [-0.2, 0) is 13.1 Å². The normalized spacial score (nSPS) is 12.2. The predicted octanol–water partition coefficient (Wildman–Crippen LogP) is 12.2. The van der Waals surface area contributed by atoms with Crippen LogP contribution in [0.15, 0.2) is 72.8 Å². The second kappa shape index (κ2) is 13.2. The third-order valence-electron chi connectivity index (χ3n) is 8.61. The maximum absolute atomic E-state index is 7.06. The summed E-state index contributed by atoms with van der Waals surface area (Å²) in [6.45, 7) is 24.9. The van der Waals surface area contributed by atoms with Crippen LogP contribution in [0.3, 0.4) is 0 Å². The third-order valence-corrected chi connectivity index (χ3v) is 9.66. The van der Waals surface area contributed by atoms with Crippen LogP contribution in [0.2, 0.25) is 0 Å². The second-order valence-corrected chi connectivity index (χ2v) is 14.0. The molecule has 3 radical (unpaired) electrons. The van der Waals surface area contributed by atoms with E-state index in [1.54, 1.807) is 0 Å². The molecule has 6 rings (SSSR count). The molecular formula is C40H45ClN2Ni. The SMILES string of the molecule is CC(C)c1cccc(C(C)C)c1-n1c2c(n(-c3c(C(C)C)cccc3C(C)C)[c]1=[Ni][Cl])-c1cccc3cccc-2c13.[CH2][CH][CH2]. The first-order chi connectivity index (χ1) is 21.1. The second-order valence-electron chi connectivity index (χ2n) is 12.9. The van der Waals surface area contributed by atoms with Gasteiger partial charge in [-0.2, -0.15) is 0 Å². The summed E-state index contributed by atoms with van der Waals surface area (Å²) in [5, 5.41) is 2.61. The quantitative estimate of drug-likeness (QED) is 0.159. The number of fused-ring (bicyclic) bond motifs is 3. The average Bonchev–Trinajstić information content (AvgIpc) is 3.50. The van der Waals surface area contributed by atoms with E-state index >= 15 is 0 Å². The number of hydrogen-bond donors (Lipinski definition) is 0. The van der Waals surface area contributed by atoms with E-state index in [1.165, 1.54) is 73.3 Å². The number of hydrogen-bond acceptors (Lipinski definition) is 0. The van der Waals surface area contributed by atoms with Crippen LogP contribution in [0, 0.1) is 24.7 Å². The summed E-state index contributed by atoms with van der Waals surface area (Å²) in [7, 11) is 7.06. The third kappa shape index (κ3) is 5.35. The van der Waals surface area contributed by atoms with Gasteiger partial charge in [-0.3, -0.25) is 0 Å². The topological polar surface area (TPSA) is 9.86 Å². The molecule has 4 aromatic carbocycles. The van der Waals surface area contributed by atoms with Crippen LogP contribution in [0.4, 0.5) is 0 Å². The molecule has 0 aliphatic heterocycles. The van der Waals surface area contributed by atoms with Gasteiger partial charge in [0.05, 0.1) is 0 Å². The minimum Gasteiger partial charge on any atom is -0.0499 e. The van der Waals surface area contributed by atoms with Gasteiger partial charge in [-0.15, -0.1) is 0 Å². The average molecular weight is 648 g/mol. The summed E-state index contributed by atoms with van der Waals surface area (Å²) in [6, 6.07) is 27.1. The van der Waals surface area contributed by atoms with Crippen molar-refractivity contribution in [2.24, 2.45) is 0 Å². The first-order valence-corrected chi connectivity index (χ1v) is 17.5. The first kappa shape index (κ1) is 32.5. The van der Waals surface area contributed by atoms with E-state index < -0.39 is 0 Å². The van der Waals surface area contributed by atoms with Crippen molar-refractivity contribution < 1.29 is 13.1 Å². The summed E-state index contributed by atoms with van der Waals surface area (Å²) in [6.07, 6.45) is 1.50. The molecule has 1 heterocycles. The molecular weight excluding hydrogens is 603 g/mol. The van der Waals surface area contributed by atoms with Gasteiger partial charge >= 0.3 is 256 Å². The van der Waals surface area contributed by atoms with Gasteiger partial charge in [0.1, 0.15) is 0 Å². The zero-order valence-electron chi connectivity index (χ0n) is 27.3. The molecule has 4 heteroatoms. The van der Waals surface area contributed by atoms with Crippen LogP contribution >= 0.6 is 10.2 Å². The number of benzene rings is 4. The summed E-state index contributed by atoms with van der Waals surface area (Å²) in [4.78, 5) is 0. The molecule has 5 aromatic rings. The Balaban J connectivity index is 0.00000123. The van der Waals surface area contributed by atoms with Crippen molar-refractivity contribution in [1.29, 1.82) is 0 Å². The van der Waals surface area contributed by atoms with Gasteiger partial charge in [0, 0.05) is 0 Å². The van der Waals surface area contributed by atoms with E-state index in [4.69, 9.17) is 10.2 Å². The number of aromatic nitrogens is 2. The number of nitrogens with zero attached hydrogens (tertiary/aromatic N) is 2. The van der Waals surface area contributed by atoms with E-state index in [2.05, 4.69) is 151 Å². The molecule has 0 spiro atoms. The van der Waals surface area contributed by atoms with E-state index in [0.29, 0.717) is 23.7 Å². The van der Waals surface area contributed by atoms with E-state index in [1.807, 2.05) is 0 Å². The monoisotopic (exact) mass is 646 g/mol. The van der Waals surface area contributed by atoms with Crippen molar-refractivity contribution >= 4 is 21.0 Å². The van der Waals surface area contributed by atoms with Crippen LogP contribution in [0.5, 0.6) is 0 Å². The predicted molar refractivity (Wildman–Crippen MR) is 187 cm³/mol. The summed E-state index contributed by atoms with van der Waals surface area (Å²) < 4.78 is 6.09. The number of rotatable bonds is 6. The van der Waals surface area contributed by atoms with Gasteiger partial charge in [0.15, 0.2) is 0 Å². The summed E-state index contributed by atoms with van der Waals surface area (Å²) >= 11 is 1.11. The maximum Gasteiger partial charge on any atom is -0.0386 e. The maximum atomic E-state index is 7.06. The fraction of sp³-hybridized carbons (Fsp3) is 0.300. The molecule has 0 N–H and O–H groups in total. The van der Waals surface area contributed by atoms with Gasteiger partial charge in [-0.25, -0.2) is 0 Å². The van der Waals surface area contributed by atoms with Crippen LogP contribution in [0.25, 0.3) is 44.7 Å². The molecule has 0 atom stereocenters. The molecule has 0 saturated carbocycles. The Morgan fingerprint density at radius 3 is 1.18 bits per heavy atom. The van der Waals surface area contributed by atoms with Crippen molar-refractivity contribution in [3.05, 3.63) is 120 Å². The smallest absolute Gasteiger partial charge is 0.0386 e. The molecule has 0 bridgehead atoms. The Hall–Kier alpha value is -2.87. The van der Waals surface area contributed by atoms with Gasteiger partial charge < -0.3 is 0 Å². The van der Waals surface area contributed by atoms with Crippen molar-refractivity contribution in [2.75, 3.05) is 0 Å². The standard InChI is InChI=1S/C37H40N2.C3H5.ClH.Ni/c1-22(2)27-15-11-16-28(23(3)4)34(27)38-21-39(35-29(24(5)6)17-12-18-30(35)25(7)8)37-32-20-10-14-26-13-9-19-31(33(26)32)36(37)38;1-3-2;;/h9-20,22-25H,1-8H3;3H,1-2H2;1H;/q;;;+1/p-1. The summed E-state index contributed by atoms with van der Waals surface area (Å²) in [5.74, 6) is 1.44. The van der Waals surface area contributed by atoms with Crippen LogP contribution in [-0.4, -0.2) is 9.13 Å². The molecule has 0 amide bonds. The molecule has 1 aliphatic rings. The van der Waals surface area contributed by atoms with Crippen LogP contribution in [0.1, 0.15) is 101 Å². The summed E-state index contributed by atoms with van der Waals surface area (Å²) in [5.41, 5.74) is 13.0. The Morgan fingerprint density at radius 2 is 0.886 bits per heavy atom. The zero-order valence-corrected chi connectivity index (χ0v) is 29.1. The van der Waals surface area contributed by atoms with Crippen molar-refractivity contribution in [3.63, 3.8) is 0 Å². The van der Waals surface area contributed by atoms with E-state index in [0.717, 1.165) is 17.5 Å². The molecule has 0 fully saturated rings. The Bertz CT molecular complexity index is 1710. The van der Waals surface area contributed by atoms with Gasteiger partial charge in [0.2, 0.25) is 0 Å². The fourth-order valence-corrected chi connectivity index (χ4v) is 7.75. The zero-order chi connectivity index (χ0) is 31.9. The molecule has 1 aliphatic carbocycles. The molecule has 44 heavy (non-hydrogen) atoms. The Morgan fingerprint density at radius 1 is 0.568 bits per heavy atom. The number of halogens is 1. The molecule has 232 valence electrons. The van der Waals surface area contributed by atoms with E-state index in [9.17, 15) is 0 Å². The van der Waals surface area contributed by atoms with Gasteiger partial charge in [0.25, 0.3) is 0 Å². The molecule has 1 aromatic heterocycles. The van der Waals surface area contributed by atoms with Crippen molar-refractivity contribution in [1.82, 2.24) is 9.13 Å². The minimum absolute atomic E-state index is 0.361. The fourth-order valence-electron chi connectivity index (χ4n) is 6.70. The van der Waals surface area contributed by atoms with Gasteiger partial charge in [-0.05, 0) is 20.3 Å². The van der Waals surface area contributed by atoms with Crippen molar-refractivity contribution in [3.8, 4) is 33.9 Å². The van der Waals surface area contributed by atoms with Crippen LogP contribution < -0.4 is 0 Å². The van der Waals surface area contributed by atoms with Crippen molar-refractivity contribution in [2.45, 2.75) is 79.1 Å². The minimum atomic E-state index is 0.361. The molecule has 0 unspecified atom stereocenters. The Labute approximate surface area is 274 Å². The first-order valence-electron chi connectivity index (χ1n) is 15.7. The van der Waals surface area contributed by atoms with Gasteiger partial charge in [-0.1, -0.05) is 0 Å².